The summed E-state index contributed by atoms with van der Waals surface area (Å²) in [6.07, 6.45) is -3.53. The molecule has 1 aromatic heterocycles. The minimum absolute atomic E-state index is 0.0135. The molecule has 6 rings (SSSR count). The van der Waals surface area contributed by atoms with E-state index in [1.54, 1.807) is 110 Å². The summed E-state index contributed by atoms with van der Waals surface area (Å²) in [5.41, 5.74) is 20.1. The number of nitrogens with two attached hydrogens (primary N) is 3. The summed E-state index contributed by atoms with van der Waals surface area (Å²) >= 11 is 0.611. The average molecular weight is 1910 g/mol. The highest BCUT2D eigenvalue weighted by molar-refractivity contribution is 8.00. The van der Waals surface area contributed by atoms with Crippen molar-refractivity contribution in [2.45, 2.75) is 251 Å². The number of carbonyl (C=O) groups is 18. The number of carbonyl (C=O) groups excluding carboxylic acids is 17. The summed E-state index contributed by atoms with van der Waals surface area (Å²) < 4.78 is 0. The molecule has 1 fully saturated rings. The van der Waals surface area contributed by atoms with Crippen molar-refractivity contribution in [3.05, 3.63) is 126 Å². The van der Waals surface area contributed by atoms with Crippen molar-refractivity contribution in [3.8, 4) is 16.9 Å². The van der Waals surface area contributed by atoms with Gasteiger partial charge in [-0.15, -0.1) is 11.8 Å². The molecule has 0 aliphatic carbocycles. The van der Waals surface area contributed by atoms with Gasteiger partial charge in [0.05, 0.1) is 24.7 Å². The number of amides is 17. The number of rotatable bonds is 27. The Morgan fingerprint density at radius 2 is 0.934 bits per heavy atom. The number of carboxylic acids is 1. The standard InChI is InChI=1S/C93H133N21O21S/c1-15-50(10)76-92(135)114(14)52(12)79(122)103-63(36-46(2)3)81(124)102-62(26-21-35-98-93(96)97)80(123)104-64(37-47(4)5)85(128)111-75(49(8)9)90(133)113-77(53(13)115)91(134)109-70(88(131)100-51(11)78(95)121)44-136-45-72(118)101-68(41-71(94)117)83(126)105-65(39-55-29-33-59(116)34-30-55)82(125)107-69(42-73(119)120)84(127)106-67(40-58-43-99-61-25-20-19-24-60(58)61)87(130)110-74(48(6)7)89(132)108-66(86(129)112-76)38-54-27-31-57(32-28-54)56-22-17-16-18-23-56/h16-20,22-25,27-34,43,46-53,62-70,74-77,99,115-116H,15,21,26,35-42,44-45H2,1-14H3,(H2,94,117)(H2,95,121)(H,100,131)(H,101,118)(H,102,124)(H,103,122)(H,104,123)(H,105,126)(H,106,127)(H,107,125)(H,108,132)(H,109,134)(H,110,130)(H,111,128)(H,112,129)(H,113,133)(H,119,120)(H4,96,97,98)/t50-,51-,52-,53+,62-,63+,64-,65-,66-,67-,68-,69-,70-,74-,75-,76-,77-/m0/s1. The lowest BCUT2D eigenvalue weighted by Crippen LogP contribution is -2.63. The summed E-state index contributed by atoms with van der Waals surface area (Å²) in [5.74, 6) is -24.5. The molecule has 0 spiro atoms. The Labute approximate surface area is 793 Å². The summed E-state index contributed by atoms with van der Waals surface area (Å²) in [6, 6.07) is 3.67. The van der Waals surface area contributed by atoms with Crippen molar-refractivity contribution in [2.24, 2.45) is 46.8 Å². The summed E-state index contributed by atoms with van der Waals surface area (Å²) in [7, 11) is 1.30. The fraction of sp³-hybridized carbons (Fsp3) is 0.516. The summed E-state index contributed by atoms with van der Waals surface area (Å²) in [5, 5.41) is 78.8. The lowest BCUT2D eigenvalue weighted by Gasteiger charge is -2.33. The van der Waals surface area contributed by atoms with Crippen LogP contribution in [0.5, 0.6) is 5.75 Å². The van der Waals surface area contributed by atoms with Crippen molar-refractivity contribution < 1.29 is 102 Å². The number of H-pyrrole nitrogens is 1. The number of nitrogens with one attached hydrogen (secondary N) is 17. The Morgan fingerprint density at radius 1 is 0.500 bits per heavy atom. The number of hydrogen-bond donors (Lipinski definition) is 23. The number of aromatic nitrogens is 1. The second-order valence-corrected chi connectivity index (χ2v) is 36.7. The summed E-state index contributed by atoms with van der Waals surface area (Å²) in [4.78, 5) is 265. The fourth-order valence-electron chi connectivity index (χ4n) is 14.7. The number of likely N-dealkylation sites (N-methyl/N-ethyl adjacent to an activating group) is 1. The van der Waals surface area contributed by atoms with Crippen molar-refractivity contribution in [1.82, 2.24) is 89.6 Å². The molecule has 26 N–H and O–H groups in total. The van der Waals surface area contributed by atoms with Crippen LogP contribution < -0.4 is 97.0 Å². The van der Waals surface area contributed by atoms with Crippen LogP contribution in [0.25, 0.3) is 22.0 Å². The van der Waals surface area contributed by atoms with Crippen LogP contribution >= 0.6 is 11.8 Å². The van der Waals surface area contributed by atoms with Gasteiger partial charge in [-0.2, -0.15) is 0 Å². The highest BCUT2D eigenvalue weighted by atomic mass is 32.2. The predicted octanol–water partition coefficient (Wildman–Crippen LogP) is -1.10. The lowest BCUT2D eigenvalue weighted by atomic mass is 9.95. The van der Waals surface area contributed by atoms with Gasteiger partial charge in [0.1, 0.15) is 96.4 Å². The van der Waals surface area contributed by atoms with Crippen LogP contribution in [0.1, 0.15) is 152 Å². The smallest absolute Gasteiger partial charge is 0.305 e. The molecule has 0 bridgehead atoms. The number of para-hydroxylation sites is 1. The maximum atomic E-state index is 15.4. The number of nitrogens with zero attached hydrogens (tertiary/aromatic N) is 1. The molecular formula is C93H133N21O21S. The topological polar surface area (TPSA) is 669 Å². The first-order chi connectivity index (χ1) is 64.0. The second-order valence-electron chi connectivity index (χ2n) is 35.7. The van der Waals surface area contributed by atoms with Gasteiger partial charge >= 0.3 is 5.97 Å². The van der Waals surface area contributed by atoms with Crippen LogP contribution in [0.2, 0.25) is 0 Å². The first-order valence-corrected chi connectivity index (χ1v) is 46.3. The van der Waals surface area contributed by atoms with Gasteiger partial charge in [-0.05, 0) is 122 Å². The number of aromatic amines is 1. The van der Waals surface area contributed by atoms with Gasteiger partial charge in [-0.1, -0.05) is 161 Å². The number of aliphatic hydroxyl groups excluding tert-OH is 1. The molecule has 0 radical (unpaired) electrons. The molecular weight excluding hydrogens is 1780 g/mol. The number of aliphatic carboxylic acids is 1. The van der Waals surface area contributed by atoms with Gasteiger partial charge in [-0.3, -0.25) is 91.7 Å². The lowest BCUT2D eigenvalue weighted by molar-refractivity contribution is -0.143. The molecule has 0 unspecified atom stereocenters. The zero-order valence-corrected chi connectivity index (χ0v) is 79.8. The van der Waals surface area contributed by atoms with E-state index in [2.05, 4.69) is 84.7 Å². The van der Waals surface area contributed by atoms with E-state index in [1.807, 2.05) is 30.3 Å². The molecule has 42 nitrogen and oxygen atoms in total. The zero-order valence-electron chi connectivity index (χ0n) is 79.0. The Morgan fingerprint density at radius 3 is 1.46 bits per heavy atom. The molecule has 0 saturated carbocycles. The van der Waals surface area contributed by atoms with E-state index in [1.165, 1.54) is 59.0 Å². The SMILES string of the molecule is CC[C@H](C)[C@@H]1NC(=O)[C@H](Cc2ccc(-c3ccccc3)cc2)NC(=O)[C@H](C(C)C)NC(=O)[C@H](Cc2c[nH]c3ccccc23)NC(=O)[C@H](CC(=O)O)NC(=O)[C@H](Cc2ccc(O)cc2)NC(=O)[C@H](CC(N)=O)NC(=O)CSC[C@@H](C(=O)N[C@@H](C)C(N)=O)NC(=O)[C@H]([C@@H](C)O)NC(=O)[C@H](C(C)C)NC(=O)[C@H](CC(C)C)NC(=O)[C@H](CCCNC(=N)N)NC(=O)[C@@H](CC(C)C)NC(=O)[C@H](C)N(C)C1=O. The Bertz CT molecular complexity index is 5040. The maximum Gasteiger partial charge on any atom is 0.305 e. The number of aromatic hydroxyl groups is 1. The number of hydrogen-bond acceptors (Lipinski definition) is 22. The predicted molar refractivity (Wildman–Crippen MR) is 506 cm³/mol. The first-order valence-electron chi connectivity index (χ1n) is 45.2. The third-order valence-electron chi connectivity index (χ3n) is 22.8. The number of primary amides is 2. The van der Waals surface area contributed by atoms with E-state index in [0.717, 1.165) is 23.0 Å². The Balaban J connectivity index is 1.49. The van der Waals surface area contributed by atoms with Crippen LogP contribution in [0.15, 0.2) is 109 Å². The van der Waals surface area contributed by atoms with Crippen molar-refractivity contribution in [1.29, 1.82) is 5.41 Å². The van der Waals surface area contributed by atoms with Gasteiger partial charge in [0, 0.05) is 55.7 Å². The van der Waals surface area contributed by atoms with Crippen molar-refractivity contribution in [3.63, 3.8) is 0 Å². The third kappa shape index (κ3) is 34.9. The maximum absolute atomic E-state index is 15.4. The first kappa shape index (κ1) is 111. The van der Waals surface area contributed by atoms with Gasteiger partial charge in [-0.25, -0.2) is 0 Å². The number of fused-ring (bicyclic) bond motifs is 1. The number of guanidine groups is 1. The number of aliphatic hydroxyl groups is 1. The van der Waals surface area contributed by atoms with E-state index in [4.69, 9.17) is 22.6 Å². The molecule has 1 saturated heterocycles. The van der Waals surface area contributed by atoms with Crippen LogP contribution in [0.3, 0.4) is 0 Å². The fourth-order valence-corrected chi connectivity index (χ4v) is 15.6. The van der Waals surface area contributed by atoms with E-state index in [9.17, 15) is 77.6 Å². The Hall–Kier alpha value is -13.7. The van der Waals surface area contributed by atoms with Gasteiger partial charge in [0.2, 0.25) is 100 Å². The zero-order chi connectivity index (χ0) is 101. The molecule has 4 aromatic carbocycles. The van der Waals surface area contributed by atoms with Crippen LogP contribution in [0, 0.1) is 35.0 Å². The average Bonchev–Trinajstić information content (AvgIpc) is 1.43. The molecule has 742 valence electrons. The summed E-state index contributed by atoms with van der Waals surface area (Å²) in [6.45, 7) is 20.2. The van der Waals surface area contributed by atoms with Crippen LogP contribution in [-0.4, -0.2) is 259 Å². The van der Waals surface area contributed by atoms with Gasteiger partial charge in [0.25, 0.3) is 0 Å². The molecule has 17 atom stereocenters. The second kappa shape index (κ2) is 53.4. The molecule has 1 aliphatic rings. The van der Waals surface area contributed by atoms with E-state index < -0.39 is 258 Å². The van der Waals surface area contributed by atoms with Crippen LogP contribution in [-0.2, 0) is 106 Å². The monoisotopic (exact) mass is 1910 g/mol. The number of phenolic OH excluding ortho intramolecular Hbond substituents is 1. The largest absolute Gasteiger partial charge is 0.508 e. The van der Waals surface area contributed by atoms with Gasteiger partial charge < -0.3 is 122 Å². The highest BCUT2D eigenvalue weighted by Crippen LogP contribution is 2.25. The van der Waals surface area contributed by atoms with E-state index in [-0.39, 0.29) is 74.6 Å². The highest BCUT2D eigenvalue weighted by Gasteiger charge is 2.42. The number of carboxylic acid groups (broad SMARTS) is 1. The number of phenols is 1. The minimum Gasteiger partial charge on any atom is -0.508 e. The molecule has 136 heavy (non-hydrogen) atoms. The third-order valence-corrected chi connectivity index (χ3v) is 23.9. The quantitative estimate of drug-likeness (QED) is 0.0169. The number of benzene rings is 4. The van der Waals surface area contributed by atoms with Crippen molar-refractivity contribution >= 4 is 135 Å². The molecule has 1 aliphatic heterocycles. The molecule has 2 heterocycles. The Kier molecular flexibility index (Phi) is 43.6. The molecule has 43 heteroatoms. The molecule has 5 aromatic rings. The van der Waals surface area contributed by atoms with Crippen molar-refractivity contribution in [2.75, 3.05) is 25.1 Å². The molecule has 17 amide bonds. The number of thioether (sulfide) groups is 1. The van der Waals surface area contributed by atoms with Gasteiger partial charge in [0.15, 0.2) is 5.96 Å². The van der Waals surface area contributed by atoms with E-state index >= 15 is 24.0 Å². The van der Waals surface area contributed by atoms with E-state index in [0.29, 0.717) is 33.8 Å². The minimum atomic E-state index is -2.12. The van der Waals surface area contributed by atoms with Crippen LogP contribution in [0.4, 0.5) is 0 Å². The normalized spacial score (nSPS) is 23.7.